The summed E-state index contributed by atoms with van der Waals surface area (Å²) in [5, 5.41) is 6.54. The quantitative estimate of drug-likeness (QED) is 0.770. The summed E-state index contributed by atoms with van der Waals surface area (Å²) in [5.41, 5.74) is -0.0183. The molecule has 2 aliphatic heterocycles. The van der Waals surface area contributed by atoms with E-state index < -0.39 is 5.41 Å². The molecule has 2 heterocycles. The summed E-state index contributed by atoms with van der Waals surface area (Å²) < 4.78 is 24.7. The van der Waals surface area contributed by atoms with Gasteiger partial charge >= 0.3 is 0 Å². The van der Waals surface area contributed by atoms with Crippen molar-refractivity contribution < 1.29 is 18.7 Å². The minimum Gasteiger partial charge on any atom is -0.384 e. The highest BCUT2D eigenvalue weighted by atomic mass is 35.5. The van der Waals surface area contributed by atoms with Crippen LogP contribution in [0.25, 0.3) is 0 Å². The van der Waals surface area contributed by atoms with Gasteiger partial charge in [0.1, 0.15) is 5.82 Å². The van der Waals surface area contributed by atoms with Crippen LogP contribution in [0.4, 0.5) is 4.39 Å². The van der Waals surface area contributed by atoms with Crippen LogP contribution >= 0.6 is 12.4 Å². The monoisotopic (exact) mass is 400 g/mol. The summed E-state index contributed by atoms with van der Waals surface area (Å²) in [4.78, 5) is 13.3. The summed E-state index contributed by atoms with van der Waals surface area (Å²) in [6, 6.07) is 6.43. The Morgan fingerprint density at radius 1 is 1.26 bits per heavy atom. The molecule has 1 aromatic carbocycles. The molecule has 0 spiro atoms. The van der Waals surface area contributed by atoms with Crippen molar-refractivity contribution >= 4 is 18.3 Å². The van der Waals surface area contributed by atoms with E-state index in [0.29, 0.717) is 39.2 Å². The maximum atomic E-state index is 13.8. The molecule has 1 amide bonds. The first-order valence-corrected chi connectivity index (χ1v) is 9.42. The predicted octanol–water partition coefficient (Wildman–Crippen LogP) is 2.43. The Labute approximate surface area is 166 Å². The van der Waals surface area contributed by atoms with E-state index in [0.717, 1.165) is 31.5 Å². The number of hydrogen-bond acceptors (Lipinski definition) is 4. The van der Waals surface area contributed by atoms with Gasteiger partial charge in [0.25, 0.3) is 0 Å². The molecule has 0 bridgehead atoms. The van der Waals surface area contributed by atoms with Crippen molar-refractivity contribution in [2.24, 2.45) is 5.41 Å². The molecule has 152 valence electrons. The molecule has 0 aromatic heterocycles. The van der Waals surface area contributed by atoms with E-state index in [-0.39, 0.29) is 29.5 Å². The Morgan fingerprint density at radius 2 is 1.96 bits per heavy atom. The Kier molecular flexibility index (Phi) is 8.04. The van der Waals surface area contributed by atoms with Crippen LogP contribution in [-0.2, 0) is 19.7 Å². The van der Waals surface area contributed by atoms with Crippen molar-refractivity contribution in [3.63, 3.8) is 0 Å². The number of nitrogens with one attached hydrogen (secondary N) is 2. The number of hydrogen-bond donors (Lipinski definition) is 2. The van der Waals surface area contributed by atoms with Gasteiger partial charge in [0, 0.05) is 32.3 Å². The molecule has 2 saturated heterocycles. The highest BCUT2D eigenvalue weighted by Gasteiger charge is 2.43. The molecule has 1 aromatic rings. The SMILES string of the molecule is COCC1(CNC(=O)C2(c3cccc(F)c3)CCOCC2)CCNCC1.Cl. The molecule has 2 fully saturated rings. The zero-order valence-electron chi connectivity index (χ0n) is 15.9. The van der Waals surface area contributed by atoms with E-state index in [1.807, 2.05) is 6.07 Å². The van der Waals surface area contributed by atoms with Gasteiger partial charge in [0.05, 0.1) is 12.0 Å². The van der Waals surface area contributed by atoms with Gasteiger partial charge in [-0.3, -0.25) is 4.79 Å². The van der Waals surface area contributed by atoms with Gasteiger partial charge in [0.15, 0.2) is 0 Å². The van der Waals surface area contributed by atoms with Crippen LogP contribution in [0.1, 0.15) is 31.2 Å². The Morgan fingerprint density at radius 3 is 2.59 bits per heavy atom. The third-order valence-corrected chi connectivity index (χ3v) is 5.90. The lowest BCUT2D eigenvalue weighted by Gasteiger charge is -2.40. The van der Waals surface area contributed by atoms with Gasteiger partial charge in [0.2, 0.25) is 5.91 Å². The van der Waals surface area contributed by atoms with Crippen LogP contribution in [0, 0.1) is 11.2 Å². The van der Waals surface area contributed by atoms with Crippen LogP contribution in [-0.4, -0.2) is 52.5 Å². The summed E-state index contributed by atoms with van der Waals surface area (Å²) in [6.45, 7) is 4.10. The van der Waals surface area contributed by atoms with Crippen LogP contribution in [0.5, 0.6) is 0 Å². The first kappa shape index (κ1) is 22.1. The Bertz CT molecular complexity index is 611. The minimum atomic E-state index is -0.721. The average molecular weight is 401 g/mol. The number of carbonyl (C=O) groups is 1. The number of amides is 1. The number of benzene rings is 1. The number of halogens is 2. The summed E-state index contributed by atoms with van der Waals surface area (Å²) in [6.07, 6.45) is 3.08. The molecule has 5 nitrogen and oxygen atoms in total. The Balaban J connectivity index is 0.00000261. The van der Waals surface area contributed by atoms with E-state index >= 15 is 0 Å². The fourth-order valence-electron chi connectivity index (χ4n) is 4.23. The van der Waals surface area contributed by atoms with E-state index in [2.05, 4.69) is 10.6 Å². The largest absolute Gasteiger partial charge is 0.384 e. The van der Waals surface area contributed by atoms with E-state index in [9.17, 15) is 9.18 Å². The molecule has 0 radical (unpaired) electrons. The number of piperidine rings is 1. The summed E-state index contributed by atoms with van der Waals surface area (Å²) >= 11 is 0. The maximum Gasteiger partial charge on any atom is 0.230 e. The van der Waals surface area contributed by atoms with Crippen molar-refractivity contribution in [1.82, 2.24) is 10.6 Å². The Hall–Kier alpha value is -1.21. The number of rotatable bonds is 6. The highest BCUT2D eigenvalue weighted by Crippen LogP contribution is 2.36. The van der Waals surface area contributed by atoms with Gasteiger partial charge in [-0.2, -0.15) is 0 Å². The maximum absolute atomic E-state index is 13.8. The van der Waals surface area contributed by atoms with Gasteiger partial charge < -0.3 is 20.1 Å². The molecule has 3 rings (SSSR count). The second kappa shape index (κ2) is 9.82. The fraction of sp³-hybridized carbons (Fsp3) is 0.650. The summed E-state index contributed by atoms with van der Waals surface area (Å²) in [5.74, 6) is -0.337. The van der Waals surface area contributed by atoms with Crippen molar-refractivity contribution in [3.05, 3.63) is 35.6 Å². The van der Waals surface area contributed by atoms with Crippen LogP contribution in [0.15, 0.2) is 24.3 Å². The highest BCUT2D eigenvalue weighted by molar-refractivity contribution is 5.88. The van der Waals surface area contributed by atoms with Crippen molar-refractivity contribution in [2.45, 2.75) is 31.1 Å². The van der Waals surface area contributed by atoms with Crippen molar-refractivity contribution in [3.8, 4) is 0 Å². The summed E-state index contributed by atoms with van der Waals surface area (Å²) in [7, 11) is 1.71. The molecule has 0 atom stereocenters. The van der Waals surface area contributed by atoms with Gasteiger partial charge in [-0.25, -0.2) is 4.39 Å². The number of ether oxygens (including phenoxy) is 2. The molecule has 2 aliphatic rings. The van der Waals surface area contributed by atoms with E-state index in [1.54, 1.807) is 13.2 Å². The second-order valence-corrected chi connectivity index (χ2v) is 7.57. The zero-order valence-corrected chi connectivity index (χ0v) is 16.7. The number of carbonyl (C=O) groups excluding carboxylic acids is 1. The minimum absolute atomic E-state index is 0. The molecule has 2 N–H and O–H groups in total. The van der Waals surface area contributed by atoms with Crippen LogP contribution in [0.3, 0.4) is 0 Å². The standard InChI is InChI=1S/C20H29FN2O3.ClH/c1-25-15-19(5-9-22-10-6-19)14-23-18(24)20(7-11-26-12-8-20)16-3-2-4-17(21)13-16;/h2-4,13,22H,5-12,14-15H2,1H3,(H,23,24);1H. The molecule has 0 aliphatic carbocycles. The van der Waals surface area contributed by atoms with Gasteiger partial charge in [-0.05, 0) is 56.5 Å². The topological polar surface area (TPSA) is 59.6 Å². The molecule has 0 saturated carbocycles. The van der Waals surface area contributed by atoms with E-state index in [4.69, 9.17) is 9.47 Å². The molecule has 0 unspecified atom stereocenters. The van der Waals surface area contributed by atoms with E-state index in [1.165, 1.54) is 12.1 Å². The predicted molar refractivity (Wildman–Crippen MR) is 105 cm³/mol. The second-order valence-electron chi connectivity index (χ2n) is 7.57. The zero-order chi connectivity index (χ0) is 18.5. The first-order chi connectivity index (χ1) is 12.6. The average Bonchev–Trinajstić information content (AvgIpc) is 2.68. The molecule has 27 heavy (non-hydrogen) atoms. The lowest BCUT2D eigenvalue weighted by atomic mass is 9.72. The van der Waals surface area contributed by atoms with Gasteiger partial charge in [-0.15, -0.1) is 12.4 Å². The third-order valence-electron chi connectivity index (χ3n) is 5.90. The molecular formula is C20H30ClFN2O3. The van der Waals surface area contributed by atoms with Crippen molar-refractivity contribution in [2.75, 3.05) is 46.6 Å². The lowest BCUT2D eigenvalue weighted by Crippen LogP contribution is -2.53. The van der Waals surface area contributed by atoms with Gasteiger partial charge in [-0.1, -0.05) is 12.1 Å². The normalized spacial score (nSPS) is 21.1. The van der Waals surface area contributed by atoms with Crippen LogP contribution in [0.2, 0.25) is 0 Å². The van der Waals surface area contributed by atoms with Crippen molar-refractivity contribution in [1.29, 1.82) is 0 Å². The molecular weight excluding hydrogens is 371 g/mol. The molecule has 7 heteroatoms. The first-order valence-electron chi connectivity index (χ1n) is 9.42. The number of methoxy groups -OCH3 is 1. The lowest BCUT2D eigenvalue weighted by molar-refractivity contribution is -0.131. The smallest absolute Gasteiger partial charge is 0.230 e. The fourth-order valence-corrected chi connectivity index (χ4v) is 4.23. The van der Waals surface area contributed by atoms with Crippen LogP contribution < -0.4 is 10.6 Å². The third kappa shape index (κ3) is 4.99.